The van der Waals surface area contributed by atoms with Crippen LogP contribution in [0.4, 0.5) is 19.0 Å². The largest absolute Gasteiger partial charge is 0.508 e. The van der Waals surface area contributed by atoms with Gasteiger partial charge in [-0.25, -0.2) is 4.98 Å². The Morgan fingerprint density at radius 2 is 1.78 bits per heavy atom. The molecule has 4 amide bonds. The van der Waals surface area contributed by atoms with Gasteiger partial charge in [-0.1, -0.05) is 55.1 Å². The van der Waals surface area contributed by atoms with E-state index in [-0.39, 0.29) is 34.6 Å². The molecule has 2 aromatic rings. The molecule has 1 N–H and O–H groups in total. The van der Waals surface area contributed by atoms with Crippen LogP contribution < -0.4 is 5.01 Å². The summed E-state index contributed by atoms with van der Waals surface area (Å²) in [7, 11) is 1.19. The number of likely N-dealkylation sites (tertiary alicyclic amines) is 1. The van der Waals surface area contributed by atoms with Crippen molar-refractivity contribution in [1.82, 2.24) is 14.9 Å². The van der Waals surface area contributed by atoms with Gasteiger partial charge >= 0.3 is 6.18 Å². The molecule has 238 valence electrons. The lowest BCUT2D eigenvalue weighted by molar-refractivity contribution is -0.142. The maximum Gasteiger partial charge on any atom is 0.433 e. The molecule has 0 radical (unpaired) electrons. The van der Waals surface area contributed by atoms with Gasteiger partial charge in [0.15, 0.2) is 15.6 Å². The van der Waals surface area contributed by atoms with E-state index in [0.29, 0.717) is 21.1 Å². The van der Waals surface area contributed by atoms with Crippen molar-refractivity contribution in [3.05, 3.63) is 62.7 Å². The van der Waals surface area contributed by atoms with E-state index in [2.05, 4.69) is 36.8 Å². The van der Waals surface area contributed by atoms with Crippen LogP contribution in [0.15, 0.2) is 46.5 Å². The molecule has 1 aromatic heterocycles. The molecule has 1 saturated carbocycles. The number of imide groups is 2. The smallest absolute Gasteiger partial charge is 0.433 e. The van der Waals surface area contributed by atoms with Crippen LogP contribution in [0.5, 0.6) is 5.75 Å². The molecule has 0 spiro atoms. The van der Waals surface area contributed by atoms with Crippen molar-refractivity contribution in [2.75, 3.05) is 17.5 Å². The molecule has 17 heteroatoms. The van der Waals surface area contributed by atoms with E-state index in [1.54, 1.807) is 12.1 Å². The second kappa shape index (κ2) is 10.8. The number of nitrogens with zero attached hydrogens (tertiary/aromatic N) is 4. The third-order valence-electron chi connectivity index (χ3n) is 9.02. The van der Waals surface area contributed by atoms with Crippen molar-refractivity contribution in [3.8, 4) is 5.75 Å². The van der Waals surface area contributed by atoms with E-state index >= 15 is 0 Å². The second-order valence-corrected chi connectivity index (χ2v) is 14.3. The summed E-state index contributed by atoms with van der Waals surface area (Å²) in [6.07, 6.45) is -3.48. The van der Waals surface area contributed by atoms with Crippen LogP contribution in [-0.2, 0) is 25.4 Å². The number of phenolic OH excluding ortho intramolecular Hbond substituents is 1. The number of alkyl halides is 6. The number of aromatic nitrogens is 1. The van der Waals surface area contributed by atoms with Gasteiger partial charge in [0.2, 0.25) is 0 Å². The van der Waals surface area contributed by atoms with Crippen molar-refractivity contribution in [1.29, 1.82) is 0 Å². The molecule has 3 fully saturated rings. The Labute approximate surface area is 285 Å². The summed E-state index contributed by atoms with van der Waals surface area (Å²) in [5, 5.41) is 12.3. The summed E-state index contributed by atoms with van der Waals surface area (Å²) in [6, 6.07) is 6.12. The van der Waals surface area contributed by atoms with Gasteiger partial charge in [-0.15, -0.1) is 23.2 Å². The number of hydrazine groups is 1. The lowest BCUT2D eigenvalue weighted by Crippen LogP contribution is -2.60. The Balaban J connectivity index is 1.48. The Bertz CT molecular complexity index is 1730. The monoisotopic (exact) mass is 812 g/mol. The summed E-state index contributed by atoms with van der Waals surface area (Å²) in [4.78, 5) is 55.7. The number of amides is 4. The van der Waals surface area contributed by atoms with E-state index in [0.717, 1.165) is 16.0 Å². The molecule has 1 aromatic carbocycles. The number of carbonyl (C=O) groups is 4. The van der Waals surface area contributed by atoms with Gasteiger partial charge in [-0.3, -0.25) is 29.1 Å². The zero-order valence-corrected chi connectivity index (χ0v) is 28.2. The molecule has 9 nitrogen and oxygen atoms in total. The fourth-order valence-corrected chi connectivity index (χ4v) is 9.07. The number of rotatable bonds is 4. The Kier molecular flexibility index (Phi) is 7.83. The number of allylic oxidation sites excluding steroid dienone is 2. The van der Waals surface area contributed by atoms with Crippen molar-refractivity contribution in [3.63, 3.8) is 0 Å². The number of fused-ring (bicyclic) bond motifs is 4. The molecule has 45 heavy (non-hydrogen) atoms. The standard InChI is InChI=1S/C28H20Br2Cl3F3N4O5/c1-38(21-16(31)5-7-18(37-21)28(34,35)36)40-22(42)13-4-3-12-15(19(13)23(40)43)9-26(32)24(44)39(10-29)25(45)27(26,33)20(12)14-8-11(30)2-6-17(14)41/h2-3,5-8,13,15,19-20,41H,4,9-10H2,1H3/t13-,15+,19-,20+,26+,27-/m0/s1. The van der Waals surface area contributed by atoms with Crippen LogP contribution in [0.2, 0.25) is 5.02 Å². The zero-order chi connectivity index (χ0) is 33.0. The summed E-state index contributed by atoms with van der Waals surface area (Å²) in [6.45, 7) is 0. The van der Waals surface area contributed by atoms with E-state index in [1.807, 2.05) is 0 Å². The molecular weight excluding hydrogens is 795 g/mol. The minimum absolute atomic E-state index is 0.00696. The average Bonchev–Trinajstić information content (AvgIpc) is 3.31. The van der Waals surface area contributed by atoms with Crippen LogP contribution in [0, 0.1) is 17.8 Å². The van der Waals surface area contributed by atoms with Crippen LogP contribution >= 0.6 is 66.7 Å². The maximum atomic E-state index is 14.2. The first-order valence-electron chi connectivity index (χ1n) is 13.3. The molecule has 0 bridgehead atoms. The normalized spacial score (nSPS) is 31.2. The predicted molar refractivity (Wildman–Crippen MR) is 164 cm³/mol. The van der Waals surface area contributed by atoms with Gasteiger partial charge in [0.1, 0.15) is 11.4 Å². The molecule has 2 saturated heterocycles. The molecule has 0 unspecified atom stereocenters. The number of aromatic hydroxyl groups is 1. The van der Waals surface area contributed by atoms with E-state index in [1.165, 1.54) is 19.2 Å². The van der Waals surface area contributed by atoms with E-state index in [9.17, 15) is 37.5 Å². The topological polar surface area (TPSA) is 111 Å². The number of halogens is 8. The number of hydrogen-bond acceptors (Lipinski definition) is 7. The predicted octanol–water partition coefficient (Wildman–Crippen LogP) is 5.98. The van der Waals surface area contributed by atoms with Crippen LogP contribution in [0.3, 0.4) is 0 Å². The summed E-state index contributed by atoms with van der Waals surface area (Å²) in [5.41, 5.74) is -0.903. The van der Waals surface area contributed by atoms with Crippen molar-refractivity contribution < 1.29 is 37.5 Å². The van der Waals surface area contributed by atoms with Crippen molar-refractivity contribution in [2.24, 2.45) is 17.8 Å². The number of anilines is 1. The van der Waals surface area contributed by atoms with Gasteiger partial charge in [0.25, 0.3) is 23.6 Å². The maximum absolute atomic E-state index is 14.2. The third kappa shape index (κ3) is 4.49. The molecule has 6 rings (SSSR count). The van der Waals surface area contributed by atoms with Gasteiger partial charge < -0.3 is 5.11 Å². The fourth-order valence-electron chi connectivity index (χ4n) is 7.05. The SMILES string of the molecule is CN(c1nc(C(F)(F)F)ccc1Cl)N1C(=O)[C@H]2[C@H](CC=C3[C@H]2C[C@@]2(Cl)C(=O)N(CBr)C(=O)[C@@]2(Cl)[C@H]3c2cc(Br)ccc2O)C1=O. The molecule has 4 aliphatic rings. The minimum Gasteiger partial charge on any atom is -0.508 e. The van der Waals surface area contributed by atoms with Crippen molar-refractivity contribution in [2.45, 2.75) is 34.7 Å². The zero-order valence-electron chi connectivity index (χ0n) is 22.8. The van der Waals surface area contributed by atoms with E-state index < -0.39 is 74.7 Å². The lowest BCUT2D eigenvalue weighted by atomic mass is 9.56. The number of phenols is 1. The molecule has 3 heterocycles. The number of hydrogen-bond donors (Lipinski definition) is 1. The summed E-state index contributed by atoms with van der Waals surface area (Å²) in [5.74, 6) is -8.10. The number of pyridine rings is 1. The Morgan fingerprint density at radius 1 is 1.09 bits per heavy atom. The summed E-state index contributed by atoms with van der Waals surface area (Å²) >= 11 is 27.0. The highest BCUT2D eigenvalue weighted by Gasteiger charge is 2.76. The van der Waals surface area contributed by atoms with Gasteiger partial charge in [0, 0.05) is 23.0 Å². The molecule has 2 aliphatic carbocycles. The third-order valence-corrected chi connectivity index (χ3v) is 11.7. The van der Waals surface area contributed by atoms with Crippen LogP contribution in [-0.4, -0.2) is 65.9 Å². The van der Waals surface area contributed by atoms with Gasteiger partial charge in [-0.05, 0) is 49.1 Å². The second-order valence-electron chi connectivity index (χ2n) is 11.2. The van der Waals surface area contributed by atoms with Crippen LogP contribution in [0.1, 0.15) is 30.0 Å². The molecule has 6 atom stereocenters. The highest BCUT2D eigenvalue weighted by Crippen LogP contribution is 2.66. The highest BCUT2D eigenvalue weighted by atomic mass is 79.9. The lowest BCUT2D eigenvalue weighted by Gasteiger charge is -2.50. The highest BCUT2D eigenvalue weighted by molar-refractivity contribution is 9.10. The first-order chi connectivity index (χ1) is 21.0. The molecular formula is C28H20Br2Cl3F3N4O5. The van der Waals surface area contributed by atoms with Crippen LogP contribution in [0.25, 0.3) is 0 Å². The van der Waals surface area contributed by atoms with Gasteiger partial charge in [0.05, 0.1) is 22.3 Å². The van der Waals surface area contributed by atoms with E-state index in [4.69, 9.17) is 34.8 Å². The quantitative estimate of drug-likeness (QED) is 0.175. The Hall–Kier alpha value is -2.39. The fraction of sp³-hybridized carbons (Fsp3) is 0.393. The number of carbonyl (C=O) groups excluding carboxylic acids is 4. The Morgan fingerprint density at radius 3 is 2.42 bits per heavy atom. The first-order valence-corrected chi connectivity index (χ1v) is 16.4. The van der Waals surface area contributed by atoms with Gasteiger partial charge in [-0.2, -0.15) is 18.2 Å². The minimum atomic E-state index is -4.82. The average molecular weight is 816 g/mol. The number of benzene rings is 1. The first kappa shape index (κ1) is 32.5. The molecule has 2 aliphatic heterocycles. The van der Waals surface area contributed by atoms with Crippen molar-refractivity contribution >= 4 is 96.1 Å². The summed E-state index contributed by atoms with van der Waals surface area (Å²) < 4.78 is 40.9.